The van der Waals surface area contributed by atoms with E-state index in [1.54, 1.807) is 12.1 Å². The molecule has 5 heteroatoms. The Hall–Kier alpha value is -3.05. The van der Waals surface area contributed by atoms with Crippen molar-refractivity contribution >= 4 is 15.6 Å². The highest BCUT2D eigenvalue weighted by atomic mass is 32.2. The molecule has 0 heterocycles. The zero-order valence-electron chi connectivity index (χ0n) is 14.1. The molecule has 0 aromatic heterocycles. The molecule has 0 bridgehead atoms. The third-order valence-electron chi connectivity index (χ3n) is 4.38. The lowest BCUT2D eigenvalue weighted by molar-refractivity contribution is 0.595. The van der Waals surface area contributed by atoms with Crippen LogP contribution in [0.4, 0.5) is 0 Å². The van der Waals surface area contributed by atoms with E-state index in [9.17, 15) is 8.42 Å². The topological polar surface area (TPSA) is 58.9 Å². The minimum atomic E-state index is -3.81. The highest BCUT2D eigenvalue weighted by Crippen LogP contribution is 2.43. The summed E-state index contributed by atoms with van der Waals surface area (Å²) in [6, 6.07) is 22.6. The number of aryl methyl sites for hydroxylation is 1. The molecule has 3 aromatic rings. The van der Waals surface area contributed by atoms with E-state index in [0.29, 0.717) is 0 Å². The van der Waals surface area contributed by atoms with E-state index in [2.05, 4.69) is 21.8 Å². The first-order valence-corrected chi connectivity index (χ1v) is 9.63. The number of hydrogen-bond acceptors (Lipinski definition) is 3. The van der Waals surface area contributed by atoms with Crippen molar-refractivity contribution in [1.82, 2.24) is 0 Å². The monoisotopic (exact) mass is 360 g/mol. The zero-order valence-corrected chi connectivity index (χ0v) is 14.9. The van der Waals surface area contributed by atoms with Crippen molar-refractivity contribution in [1.29, 1.82) is 0 Å². The molecular formula is C21H16N2O2S. The van der Waals surface area contributed by atoms with Gasteiger partial charge < -0.3 is 0 Å². The van der Waals surface area contributed by atoms with E-state index in [1.165, 1.54) is 18.3 Å². The van der Waals surface area contributed by atoms with Crippen LogP contribution >= 0.6 is 0 Å². The van der Waals surface area contributed by atoms with Gasteiger partial charge in [-0.15, -0.1) is 5.11 Å². The van der Waals surface area contributed by atoms with Gasteiger partial charge in [0.1, 0.15) is 0 Å². The average Bonchev–Trinajstić information content (AvgIpc) is 2.97. The van der Waals surface area contributed by atoms with Crippen LogP contribution in [0.1, 0.15) is 16.7 Å². The first-order valence-electron chi connectivity index (χ1n) is 8.19. The molecule has 0 saturated heterocycles. The fourth-order valence-electron chi connectivity index (χ4n) is 3.09. The van der Waals surface area contributed by atoms with Crippen molar-refractivity contribution in [3.05, 3.63) is 95.7 Å². The summed E-state index contributed by atoms with van der Waals surface area (Å²) in [6.07, 6.45) is 1.52. The van der Waals surface area contributed by atoms with Crippen molar-refractivity contribution in [2.45, 2.75) is 11.8 Å². The van der Waals surface area contributed by atoms with Crippen LogP contribution in [0, 0.1) is 6.92 Å². The molecule has 3 aromatic carbocycles. The number of benzene rings is 3. The van der Waals surface area contributed by atoms with Gasteiger partial charge in [0, 0.05) is 5.57 Å². The standard InChI is InChI=1S/C21H16N2O2S/c1-15-10-12-16(13-11-15)26(24,25)23-22-14-21-19-8-4-2-6-17(19)18-7-3-5-9-20(18)21/h2-14H,1H3. The molecular weight excluding hydrogens is 344 g/mol. The summed E-state index contributed by atoms with van der Waals surface area (Å²) >= 11 is 0. The van der Waals surface area contributed by atoms with Gasteiger partial charge >= 0.3 is 0 Å². The summed E-state index contributed by atoms with van der Waals surface area (Å²) in [4.78, 5) is 0.137. The van der Waals surface area contributed by atoms with Gasteiger partial charge in [-0.2, -0.15) is 8.42 Å². The van der Waals surface area contributed by atoms with E-state index >= 15 is 0 Å². The number of hydrogen-bond donors (Lipinski definition) is 0. The fourth-order valence-corrected chi connectivity index (χ4v) is 3.84. The molecule has 0 saturated carbocycles. The van der Waals surface area contributed by atoms with Crippen molar-refractivity contribution < 1.29 is 8.42 Å². The molecule has 0 aliphatic heterocycles. The van der Waals surface area contributed by atoms with Crippen molar-refractivity contribution in [3.63, 3.8) is 0 Å². The second-order valence-electron chi connectivity index (χ2n) is 6.12. The second-order valence-corrected chi connectivity index (χ2v) is 7.70. The molecule has 26 heavy (non-hydrogen) atoms. The molecule has 4 rings (SSSR count). The van der Waals surface area contributed by atoms with Crippen LogP contribution in [0.5, 0.6) is 0 Å². The zero-order chi connectivity index (χ0) is 18.1. The van der Waals surface area contributed by atoms with Crippen molar-refractivity contribution in [2.24, 2.45) is 9.63 Å². The first kappa shape index (κ1) is 16.4. The van der Waals surface area contributed by atoms with Gasteiger partial charge in [-0.05, 0) is 41.3 Å². The molecule has 0 atom stereocenters. The second kappa shape index (κ2) is 6.35. The third kappa shape index (κ3) is 2.86. The molecule has 0 amide bonds. The van der Waals surface area contributed by atoms with E-state index in [1.807, 2.05) is 43.3 Å². The van der Waals surface area contributed by atoms with Crippen LogP contribution in [0.15, 0.2) is 93.5 Å². The Morgan fingerprint density at radius 2 is 1.23 bits per heavy atom. The van der Waals surface area contributed by atoms with E-state index in [4.69, 9.17) is 0 Å². The van der Waals surface area contributed by atoms with Crippen LogP contribution in [0.25, 0.3) is 16.7 Å². The first-order chi connectivity index (χ1) is 12.6. The lowest BCUT2D eigenvalue weighted by Gasteiger charge is -2.00. The van der Waals surface area contributed by atoms with E-state index in [-0.39, 0.29) is 4.90 Å². The van der Waals surface area contributed by atoms with Gasteiger partial charge in [0.25, 0.3) is 10.0 Å². The molecule has 0 radical (unpaired) electrons. The van der Waals surface area contributed by atoms with E-state index in [0.717, 1.165) is 33.4 Å². The highest BCUT2D eigenvalue weighted by Gasteiger charge is 2.22. The van der Waals surface area contributed by atoms with Crippen LogP contribution in [-0.2, 0) is 10.0 Å². The van der Waals surface area contributed by atoms with Crippen molar-refractivity contribution in [2.75, 3.05) is 0 Å². The molecule has 1 aliphatic carbocycles. The van der Waals surface area contributed by atoms with Crippen LogP contribution in [0.2, 0.25) is 0 Å². The smallest absolute Gasteiger partial charge is 0.198 e. The number of rotatable bonds is 3. The Morgan fingerprint density at radius 1 is 0.731 bits per heavy atom. The SMILES string of the molecule is Cc1ccc(S(=O)(=O)N=NC=C2c3ccccc3-c3ccccc32)cc1. The summed E-state index contributed by atoms with van der Waals surface area (Å²) in [6.45, 7) is 1.90. The average molecular weight is 360 g/mol. The number of fused-ring (bicyclic) bond motifs is 3. The Morgan fingerprint density at radius 3 is 1.77 bits per heavy atom. The van der Waals surface area contributed by atoms with Crippen molar-refractivity contribution in [3.8, 4) is 11.1 Å². The van der Waals surface area contributed by atoms with Crippen LogP contribution in [-0.4, -0.2) is 8.42 Å². The number of nitrogens with zero attached hydrogens (tertiary/aromatic N) is 2. The molecule has 0 unspecified atom stereocenters. The Bertz CT molecular complexity index is 1100. The largest absolute Gasteiger partial charge is 0.299 e. The maximum Gasteiger partial charge on any atom is 0.299 e. The van der Waals surface area contributed by atoms with Crippen LogP contribution in [0.3, 0.4) is 0 Å². The molecule has 1 aliphatic rings. The highest BCUT2D eigenvalue weighted by molar-refractivity contribution is 7.90. The molecule has 4 nitrogen and oxygen atoms in total. The lowest BCUT2D eigenvalue weighted by Crippen LogP contribution is -1.95. The lowest BCUT2D eigenvalue weighted by atomic mass is 10.1. The molecule has 128 valence electrons. The van der Waals surface area contributed by atoms with E-state index < -0.39 is 10.0 Å². The Balaban J connectivity index is 1.73. The number of sulfonamides is 1. The normalized spacial score (nSPS) is 12.9. The fraction of sp³-hybridized carbons (Fsp3) is 0.0476. The Labute approximate surface area is 152 Å². The maximum atomic E-state index is 12.3. The van der Waals surface area contributed by atoms with Gasteiger partial charge in [-0.25, -0.2) is 0 Å². The Kier molecular flexibility index (Phi) is 4.01. The molecule has 0 N–H and O–H groups in total. The summed E-state index contributed by atoms with van der Waals surface area (Å²) in [5, 5.41) is 3.90. The predicted octanol–water partition coefficient (Wildman–Crippen LogP) is 5.21. The minimum Gasteiger partial charge on any atom is -0.198 e. The maximum absolute atomic E-state index is 12.3. The summed E-state index contributed by atoms with van der Waals surface area (Å²) in [5.74, 6) is 0. The van der Waals surface area contributed by atoms with Gasteiger partial charge in [-0.3, -0.25) is 0 Å². The van der Waals surface area contributed by atoms with Gasteiger partial charge in [0.05, 0.1) is 11.1 Å². The quantitative estimate of drug-likeness (QED) is 0.471. The third-order valence-corrected chi connectivity index (χ3v) is 5.56. The summed E-state index contributed by atoms with van der Waals surface area (Å²) in [5.41, 5.74) is 6.15. The van der Waals surface area contributed by atoms with Gasteiger partial charge in [0.2, 0.25) is 0 Å². The molecule has 0 fully saturated rings. The van der Waals surface area contributed by atoms with Gasteiger partial charge in [-0.1, -0.05) is 70.7 Å². The van der Waals surface area contributed by atoms with Crippen LogP contribution < -0.4 is 0 Å². The predicted molar refractivity (Wildman–Crippen MR) is 102 cm³/mol. The minimum absolute atomic E-state index is 0.137. The molecule has 0 spiro atoms. The summed E-state index contributed by atoms with van der Waals surface area (Å²) in [7, 11) is -3.81. The summed E-state index contributed by atoms with van der Waals surface area (Å²) < 4.78 is 28.2. The van der Waals surface area contributed by atoms with Gasteiger partial charge in [0.15, 0.2) is 0 Å².